The summed E-state index contributed by atoms with van der Waals surface area (Å²) >= 11 is 0. The lowest BCUT2D eigenvalue weighted by Gasteiger charge is -2.19. The Hall–Kier alpha value is -0.380. The molecule has 0 amide bonds. The second kappa shape index (κ2) is 4.44. The highest BCUT2D eigenvalue weighted by Gasteiger charge is 2.18. The van der Waals surface area contributed by atoms with Crippen molar-refractivity contribution in [1.29, 1.82) is 0 Å². The van der Waals surface area contributed by atoms with Gasteiger partial charge in [-0.2, -0.15) is 0 Å². The largest absolute Gasteiger partial charge is 0.396 e. The number of hydrogen-bond donors (Lipinski definition) is 3. The third-order valence-corrected chi connectivity index (χ3v) is 1.46. The van der Waals surface area contributed by atoms with Crippen LogP contribution >= 0.6 is 0 Å². The number of rotatable bonds is 4. The molecule has 0 aliphatic heterocycles. The molecule has 0 saturated heterocycles. The highest BCUT2D eigenvalue weighted by atomic mass is 16.3. The fourth-order valence-electron chi connectivity index (χ4n) is 0.584. The highest BCUT2D eigenvalue weighted by Crippen LogP contribution is 2.06. The molecular formula is C7H14O3. The van der Waals surface area contributed by atoms with Crippen LogP contribution in [0.1, 0.15) is 6.92 Å². The predicted octanol–water partition coefficient (Wildman–Crippen LogP) is -0.477. The van der Waals surface area contributed by atoms with E-state index in [9.17, 15) is 0 Å². The number of aliphatic hydroxyl groups is 3. The van der Waals surface area contributed by atoms with Gasteiger partial charge in [0, 0.05) is 12.5 Å². The van der Waals surface area contributed by atoms with Gasteiger partial charge < -0.3 is 15.3 Å². The average molecular weight is 146 g/mol. The van der Waals surface area contributed by atoms with Gasteiger partial charge in [-0.05, 0) is 0 Å². The van der Waals surface area contributed by atoms with Crippen molar-refractivity contribution in [2.24, 2.45) is 5.92 Å². The summed E-state index contributed by atoms with van der Waals surface area (Å²) < 4.78 is 0. The number of hydrogen-bond acceptors (Lipinski definition) is 3. The normalized spacial score (nSPS) is 19.6. The first kappa shape index (κ1) is 9.62. The van der Waals surface area contributed by atoms with E-state index in [2.05, 4.69) is 6.58 Å². The third-order valence-electron chi connectivity index (χ3n) is 1.46. The molecule has 0 radical (unpaired) electrons. The van der Waals surface area contributed by atoms with E-state index in [1.54, 1.807) is 6.92 Å². The van der Waals surface area contributed by atoms with Crippen molar-refractivity contribution < 1.29 is 15.3 Å². The molecule has 0 rings (SSSR count). The second-order valence-electron chi connectivity index (χ2n) is 2.38. The van der Waals surface area contributed by atoms with E-state index in [-0.39, 0.29) is 12.5 Å². The molecule has 3 nitrogen and oxygen atoms in total. The minimum Gasteiger partial charge on any atom is -0.396 e. The minimum absolute atomic E-state index is 0.133. The molecule has 60 valence electrons. The SMILES string of the molecule is C=C[C@@H](O)[C@H](O)[C@H](C)CO. The highest BCUT2D eigenvalue weighted by molar-refractivity contribution is 4.86. The smallest absolute Gasteiger partial charge is 0.0980 e. The van der Waals surface area contributed by atoms with Crippen LogP contribution in [0.4, 0.5) is 0 Å². The summed E-state index contributed by atoms with van der Waals surface area (Å²) in [6.07, 6.45) is -0.610. The van der Waals surface area contributed by atoms with Gasteiger partial charge in [0.05, 0.1) is 12.2 Å². The first-order valence-electron chi connectivity index (χ1n) is 3.23. The Morgan fingerprint density at radius 3 is 2.30 bits per heavy atom. The van der Waals surface area contributed by atoms with E-state index in [0.29, 0.717) is 0 Å². The Morgan fingerprint density at radius 2 is 2.00 bits per heavy atom. The third kappa shape index (κ3) is 2.47. The molecule has 0 bridgehead atoms. The first-order valence-corrected chi connectivity index (χ1v) is 3.23. The zero-order valence-corrected chi connectivity index (χ0v) is 6.07. The van der Waals surface area contributed by atoms with E-state index in [0.717, 1.165) is 0 Å². The number of aliphatic hydroxyl groups excluding tert-OH is 3. The molecule has 10 heavy (non-hydrogen) atoms. The van der Waals surface area contributed by atoms with E-state index in [4.69, 9.17) is 15.3 Å². The monoisotopic (exact) mass is 146 g/mol. The summed E-state index contributed by atoms with van der Waals surface area (Å²) in [5, 5.41) is 26.6. The Balaban J connectivity index is 3.80. The van der Waals surface area contributed by atoms with Gasteiger partial charge in [-0.25, -0.2) is 0 Å². The molecule has 0 heterocycles. The average Bonchev–Trinajstić information content (AvgIpc) is 2.00. The lowest BCUT2D eigenvalue weighted by molar-refractivity contribution is -0.00395. The summed E-state index contributed by atoms with van der Waals surface area (Å²) in [6.45, 7) is 4.82. The van der Waals surface area contributed by atoms with Gasteiger partial charge in [0.25, 0.3) is 0 Å². The quantitative estimate of drug-likeness (QED) is 0.469. The van der Waals surface area contributed by atoms with Gasteiger partial charge in [-0.3, -0.25) is 0 Å². The lowest BCUT2D eigenvalue weighted by atomic mass is 10.0. The molecule has 0 saturated carbocycles. The van der Waals surface area contributed by atoms with Crippen molar-refractivity contribution in [1.82, 2.24) is 0 Å². The maximum atomic E-state index is 9.10. The topological polar surface area (TPSA) is 60.7 Å². The van der Waals surface area contributed by atoms with Crippen LogP contribution in [0, 0.1) is 5.92 Å². The lowest BCUT2D eigenvalue weighted by Crippen LogP contribution is -2.32. The van der Waals surface area contributed by atoms with E-state index < -0.39 is 12.2 Å². The second-order valence-corrected chi connectivity index (χ2v) is 2.38. The fourth-order valence-corrected chi connectivity index (χ4v) is 0.584. The molecule has 0 spiro atoms. The Kier molecular flexibility index (Phi) is 4.27. The van der Waals surface area contributed by atoms with Gasteiger partial charge in [0.1, 0.15) is 0 Å². The van der Waals surface area contributed by atoms with Crippen LogP contribution in [0.3, 0.4) is 0 Å². The summed E-state index contributed by atoms with van der Waals surface area (Å²) in [5.74, 6) is -0.312. The van der Waals surface area contributed by atoms with Crippen LogP contribution in [0.15, 0.2) is 12.7 Å². The predicted molar refractivity (Wildman–Crippen MR) is 38.5 cm³/mol. The van der Waals surface area contributed by atoms with E-state index in [1.165, 1.54) is 6.08 Å². The zero-order valence-electron chi connectivity index (χ0n) is 6.07. The first-order chi connectivity index (χ1) is 4.63. The van der Waals surface area contributed by atoms with Crippen molar-refractivity contribution in [2.45, 2.75) is 19.1 Å². The molecule has 3 atom stereocenters. The van der Waals surface area contributed by atoms with Crippen molar-refractivity contribution >= 4 is 0 Å². The van der Waals surface area contributed by atoms with Crippen LogP contribution in [-0.4, -0.2) is 34.1 Å². The molecular weight excluding hydrogens is 132 g/mol. The molecule has 0 aromatic carbocycles. The van der Waals surface area contributed by atoms with Gasteiger partial charge in [-0.1, -0.05) is 13.0 Å². The van der Waals surface area contributed by atoms with Crippen LogP contribution in [0.25, 0.3) is 0 Å². The van der Waals surface area contributed by atoms with Crippen LogP contribution < -0.4 is 0 Å². The minimum atomic E-state index is -0.942. The molecule has 3 heteroatoms. The molecule has 0 aromatic rings. The Labute approximate surface area is 60.6 Å². The molecule has 0 aliphatic carbocycles. The maximum Gasteiger partial charge on any atom is 0.0980 e. The molecule has 0 fully saturated rings. The summed E-state index contributed by atoms with van der Waals surface area (Å²) in [5.41, 5.74) is 0. The van der Waals surface area contributed by atoms with E-state index >= 15 is 0 Å². The van der Waals surface area contributed by atoms with Crippen molar-refractivity contribution in [3.63, 3.8) is 0 Å². The fraction of sp³-hybridized carbons (Fsp3) is 0.714. The van der Waals surface area contributed by atoms with Crippen molar-refractivity contribution in [3.8, 4) is 0 Å². The Morgan fingerprint density at radius 1 is 1.50 bits per heavy atom. The zero-order chi connectivity index (χ0) is 8.15. The van der Waals surface area contributed by atoms with Crippen molar-refractivity contribution in [3.05, 3.63) is 12.7 Å². The van der Waals surface area contributed by atoms with Crippen LogP contribution in [0.2, 0.25) is 0 Å². The maximum absolute atomic E-state index is 9.10. The van der Waals surface area contributed by atoms with Gasteiger partial charge in [0.15, 0.2) is 0 Å². The van der Waals surface area contributed by atoms with Crippen LogP contribution in [0.5, 0.6) is 0 Å². The van der Waals surface area contributed by atoms with E-state index in [1.807, 2.05) is 0 Å². The van der Waals surface area contributed by atoms with Crippen LogP contribution in [-0.2, 0) is 0 Å². The van der Waals surface area contributed by atoms with Gasteiger partial charge >= 0.3 is 0 Å². The summed E-state index contributed by atoms with van der Waals surface area (Å²) in [6, 6.07) is 0. The summed E-state index contributed by atoms with van der Waals surface area (Å²) in [7, 11) is 0. The molecule has 0 unspecified atom stereocenters. The standard InChI is InChI=1S/C7H14O3/c1-3-6(9)7(10)5(2)4-8/h3,5-10H,1,4H2,2H3/t5-,6-,7-/m1/s1. The van der Waals surface area contributed by atoms with Crippen molar-refractivity contribution in [2.75, 3.05) is 6.61 Å². The van der Waals surface area contributed by atoms with Gasteiger partial charge in [0.2, 0.25) is 0 Å². The Bertz CT molecular complexity index is 103. The molecule has 0 aromatic heterocycles. The molecule has 0 aliphatic rings. The van der Waals surface area contributed by atoms with Gasteiger partial charge in [-0.15, -0.1) is 6.58 Å². The molecule has 3 N–H and O–H groups in total. The summed E-state index contributed by atoms with van der Waals surface area (Å²) in [4.78, 5) is 0.